The van der Waals surface area contributed by atoms with Gasteiger partial charge in [0.1, 0.15) is 5.69 Å². The minimum Gasteiger partial charge on any atom is -0.351 e. The normalized spacial score (nSPS) is 15.3. The summed E-state index contributed by atoms with van der Waals surface area (Å²) in [5.41, 5.74) is 2.78. The molecule has 2 aromatic rings. The van der Waals surface area contributed by atoms with E-state index in [0.29, 0.717) is 22.7 Å². The minimum atomic E-state index is -0.246. The van der Waals surface area contributed by atoms with Gasteiger partial charge in [-0.3, -0.25) is 4.79 Å². The molecule has 3 rings (SSSR count). The third kappa shape index (κ3) is 4.94. The van der Waals surface area contributed by atoms with Gasteiger partial charge in [0.05, 0.1) is 0 Å². The largest absolute Gasteiger partial charge is 0.351 e. The standard InChI is InChI=1S/C20H25ClN4O/c1-13-11-15(21)9-10-17(13)24-19(26)18-12-14(2)22-20(25-18)23-16-7-5-3-4-6-8-16/h9-12,16H,3-8H2,1-2H3,(H,24,26)(H,22,23,25). The van der Waals surface area contributed by atoms with Crippen LogP contribution in [0.2, 0.25) is 5.02 Å². The van der Waals surface area contributed by atoms with Gasteiger partial charge >= 0.3 is 0 Å². The minimum absolute atomic E-state index is 0.246. The zero-order chi connectivity index (χ0) is 18.5. The number of benzene rings is 1. The van der Waals surface area contributed by atoms with Crippen molar-refractivity contribution in [1.82, 2.24) is 9.97 Å². The first kappa shape index (κ1) is 18.6. The fraction of sp³-hybridized carbons (Fsp3) is 0.450. The molecular weight excluding hydrogens is 348 g/mol. The SMILES string of the molecule is Cc1cc(C(=O)Nc2ccc(Cl)cc2C)nc(NC2CCCCCC2)n1. The van der Waals surface area contributed by atoms with Crippen molar-refractivity contribution in [3.63, 3.8) is 0 Å². The fourth-order valence-electron chi connectivity index (χ4n) is 3.31. The van der Waals surface area contributed by atoms with Crippen LogP contribution in [0.25, 0.3) is 0 Å². The van der Waals surface area contributed by atoms with Gasteiger partial charge in [0.2, 0.25) is 5.95 Å². The molecular formula is C20H25ClN4O. The number of anilines is 2. The molecule has 1 aromatic carbocycles. The Labute approximate surface area is 159 Å². The summed E-state index contributed by atoms with van der Waals surface area (Å²) < 4.78 is 0. The molecule has 0 unspecified atom stereocenters. The van der Waals surface area contributed by atoms with Gasteiger partial charge in [0, 0.05) is 22.4 Å². The van der Waals surface area contributed by atoms with E-state index in [1.807, 2.05) is 19.9 Å². The lowest BCUT2D eigenvalue weighted by molar-refractivity contribution is 0.102. The molecule has 0 aliphatic heterocycles. The van der Waals surface area contributed by atoms with E-state index in [4.69, 9.17) is 11.6 Å². The lowest BCUT2D eigenvalue weighted by atomic mass is 10.1. The molecule has 1 aromatic heterocycles. The highest BCUT2D eigenvalue weighted by molar-refractivity contribution is 6.30. The van der Waals surface area contributed by atoms with E-state index in [9.17, 15) is 4.79 Å². The van der Waals surface area contributed by atoms with Crippen LogP contribution in [0.1, 0.15) is 60.3 Å². The second-order valence-corrected chi connectivity index (χ2v) is 7.40. The Morgan fingerprint density at radius 1 is 1.08 bits per heavy atom. The van der Waals surface area contributed by atoms with Crippen molar-refractivity contribution in [2.75, 3.05) is 10.6 Å². The molecule has 1 amide bonds. The highest BCUT2D eigenvalue weighted by Crippen LogP contribution is 2.22. The van der Waals surface area contributed by atoms with Crippen LogP contribution in [-0.4, -0.2) is 21.9 Å². The van der Waals surface area contributed by atoms with Crippen molar-refractivity contribution in [2.24, 2.45) is 0 Å². The molecule has 0 atom stereocenters. The molecule has 1 aliphatic carbocycles. The van der Waals surface area contributed by atoms with E-state index in [0.717, 1.165) is 29.8 Å². The summed E-state index contributed by atoms with van der Waals surface area (Å²) in [4.78, 5) is 21.5. The Hall–Kier alpha value is -2.14. The average Bonchev–Trinajstić information content (AvgIpc) is 2.85. The number of aryl methyl sites for hydroxylation is 2. The summed E-state index contributed by atoms with van der Waals surface area (Å²) in [5.74, 6) is 0.291. The van der Waals surface area contributed by atoms with Crippen molar-refractivity contribution in [3.8, 4) is 0 Å². The summed E-state index contributed by atoms with van der Waals surface area (Å²) in [7, 11) is 0. The molecule has 0 bridgehead atoms. The Morgan fingerprint density at radius 3 is 2.50 bits per heavy atom. The van der Waals surface area contributed by atoms with E-state index in [1.165, 1.54) is 25.7 Å². The molecule has 1 saturated carbocycles. The third-order valence-electron chi connectivity index (χ3n) is 4.71. The molecule has 0 radical (unpaired) electrons. The maximum absolute atomic E-state index is 12.6. The lowest BCUT2D eigenvalue weighted by Gasteiger charge is -2.17. The van der Waals surface area contributed by atoms with Gasteiger partial charge in [-0.15, -0.1) is 0 Å². The second kappa shape index (κ2) is 8.49. The van der Waals surface area contributed by atoms with Crippen LogP contribution in [0, 0.1) is 13.8 Å². The van der Waals surface area contributed by atoms with Crippen molar-refractivity contribution >= 4 is 29.1 Å². The second-order valence-electron chi connectivity index (χ2n) is 6.96. The van der Waals surface area contributed by atoms with E-state index in [1.54, 1.807) is 18.2 Å². The molecule has 5 nitrogen and oxygen atoms in total. The van der Waals surface area contributed by atoms with Crippen molar-refractivity contribution < 1.29 is 4.79 Å². The van der Waals surface area contributed by atoms with Gasteiger partial charge < -0.3 is 10.6 Å². The van der Waals surface area contributed by atoms with Crippen molar-refractivity contribution in [2.45, 2.75) is 58.4 Å². The van der Waals surface area contributed by atoms with Crippen molar-refractivity contribution in [1.29, 1.82) is 0 Å². The highest BCUT2D eigenvalue weighted by Gasteiger charge is 2.16. The molecule has 1 heterocycles. The maximum atomic E-state index is 12.6. The maximum Gasteiger partial charge on any atom is 0.274 e. The van der Waals surface area contributed by atoms with Gasteiger partial charge in [0.15, 0.2) is 0 Å². The van der Waals surface area contributed by atoms with Gasteiger partial charge in [-0.1, -0.05) is 37.3 Å². The molecule has 0 saturated heterocycles. The van der Waals surface area contributed by atoms with E-state index in [-0.39, 0.29) is 5.91 Å². The predicted octanol–water partition coefficient (Wildman–Crippen LogP) is 5.13. The van der Waals surface area contributed by atoms with Crippen LogP contribution in [0.15, 0.2) is 24.3 Å². The quantitative estimate of drug-likeness (QED) is 0.729. The van der Waals surface area contributed by atoms with Crippen LogP contribution in [0.5, 0.6) is 0 Å². The predicted molar refractivity (Wildman–Crippen MR) is 106 cm³/mol. The number of nitrogens with one attached hydrogen (secondary N) is 2. The Balaban J connectivity index is 1.74. The molecule has 6 heteroatoms. The topological polar surface area (TPSA) is 66.9 Å². The third-order valence-corrected chi connectivity index (χ3v) is 4.95. The summed E-state index contributed by atoms with van der Waals surface area (Å²) in [6.45, 7) is 3.79. The number of hydrogen-bond donors (Lipinski definition) is 2. The number of nitrogens with zero attached hydrogens (tertiary/aromatic N) is 2. The lowest BCUT2D eigenvalue weighted by Crippen LogP contribution is -2.22. The Kier molecular flexibility index (Phi) is 6.09. The van der Waals surface area contributed by atoms with E-state index in [2.05, 4.69) is 20.6 Å². The zero-order valence-corrected chi connectivity index (χ0v) is 16.1. The van der Waals surface area contributed by atoms with Crippen LogP contribution < -0.4 is 10.6 Å². The van der Waals surface area contributed by atoms with Crippen LogP contribution in [0.3, 0.4) is 0 Å². The number of rotatable bonds is 4. The van der Waals surface area contributed by atoms with Crippen LogP contribution in [-0.2, 0) is 0 Å². The Morgan fingerprint density at radius 2 is 1.81 bits per heavy atom. The molecule has 26 heavy (non-hydrogen) atoms. The molecule has 0 spiro atoms. The summed E-state index contributed by atoms with van der Waals surface area (Å²) >= 11 is 5.97. The van der Waals surface area contributed by atoms with E-state index < -0.39 is 0 Å². The smallest absolute Gasteiger partial charge is 0.274 e. The number of carbonyl (C=O) groups is 1. The number of halogens is 1. The van der Waals surface area contributed by atoms with Crippen molar-refractivity contribution in [3.05, 3.63) is 46.2 Å². The van der Waals surface area contributed by atoms with Crippen LogP contribution in [0.4, 0.5) is 11.6 Å². The monoisotopic (exact) mass is 372 g/mol. The Bertz CT molecular complexity index is 785. The van der Waals surface area contributed by atoms with Crippen LogP contribution >= 0.6 is 11.6 Å². The number of hydrogen-bond acceptors (Lipinski definition) is 4. The average molecular weight is 373 g/mol. The summed E-state index contributed by atoms with van der Waals surface area (Å²) in [6, 6.07) is 7.47. The van der Waals surface area contributed by atoms with Gasteiger partial charge in [-0.2, -0.15) is 0 Å². The number of amides is 1. The number of carbonyl (C=O) groups excluding carboxylic acids is 1. The molecule has 1 aliphatic rings. The summed E-state index contributed by atoms with van der Waals surface area (Å²) in [6.07, 6.45) is 7.30. The van der Waals surface area contributed by atoms with Gasteiger partial charge in [0.25, 0.3) is 5.91 Å². The van der Waals surface area contributed by atoms with Gasteiger partial charge in [-0.05, 0) is 56.5 Å². The van der Waals surface area contributed by atoms with Gasteiger partial charge in [-0.25, -0.2) is 9.97 Å². The zero-order valence-electron chi connectivity index (χ0n) is 15.3. The molecule has 2 N–H and O–H groups in total. The van der Waals surface area contributed by atoms with E-state index >= 15 is 0 Å². The molecule has 138 valence electrons. The first-order chi connectivity index (χ1) is 12.5. The first-order valence-corrected chi connectivity index (χ1v) is 9.59. The summed E-state index contributed by atoms with van der Waals surface area (Å²) in [5, 5.41) is 6.97. The fourth-order valence-corrected chi connectivity index (χ4v) is 3.54. The molecule has 1 fully saturated rings. The number of aromatic nitrogens is 2. The first-order valence-electron chi connectivity index (χ1n) is 9.21. The highest BCUT2D eigenvalue weighted by atomic mass is 35.5.